The third kappa shape index (κ3) is 3.21. The van der Waals surface area contributed by atoms with Crippen molar-refractivity contribution in [2.24, 2.45) is 5.92 Å². The molecule has 0 amide bonds. The number of imidazole rings is 1. The molecular weight excluding hydrogens is 262 g/mol. The topological polar surface area (TPSA) is 49.9 Å². The Morgan fingerprint density at radius 3 is 2.76 bits per heavy atom. The smallest absolute Gasteiger partial charge is 0.112 e. The number of aromatic amines is 1. The van der Waals surface area contributed by atoms with E-state index >= 15 is 0 Å². The second-order valence-corrected chi connectivity index (χ2v) is 7.11. The fourth-order valence-electron chi connectivity index (χ4n) is 2.64. The summed E-state index contributed by atoms with van der Waals surface area (Å²) in [6.07, 6.45) is 2.61. The molecule has 0 aliphatic heterocycles. The zero-order valence-corrected chi connectivity index (χ0v) is 13.4. The van der Waals surface area contributed by atoms with Crippen LogP contribution in [-0.2, 0) is 10.2 Å². The predicted molar refractivity (Wildman–Crippen MR) is 86.8 cm³/mol. The fraction of sp³-hybridized carbons (Fsp3) is 0.588. The third-order valence-corrected chi connectivity index (χ3v) is 4.08. The Kier molecular flexibility index (Phi) is 3.66. The number of hydrogen-bond acceptors (Lipinski definition) is 3. The molecule has 4 nitrogen and oxygen atoms in total. The molecule has 1 aliphatic rings. The summed E-state index contributed by atoms with van der Waals surface area (Å²) in [6, 6.07) is 6.76. The van der Waals surface area contributed by atoms with E-state index in [1.807, 2.05) is 0 Å². The predicted octanol–water partition coefficient (Wildman–Crippen LogP) is 3.70. The number of ether oxygens (including phenoxy) is 1. The van der Waals surface area contributed by atoms with Crippen molar-refractivity contribution in [3.05, 3.63) is 24.0 Å². The summed E-state index contributed by atoms with van der Waals surface area (Å²) >= 11 is 0. The highest BCUT2D eigenvalue weighted by Gasteiger charge is 2.31. The molecule has 4 heteroatoms. The number of H-pyrrole nitrogens is 1. The Balaban J connectivity index is 1.83. The first-order valence-corrected chi connectivity index (χ1v) is 7.73. The van der Waals surface area contributed by atoms with Crippen LogP contribution in [0.25, 0.3) is 11.0 Å². The van der Waals surface area contributed by atoms with Crippen molar-refractivity contribution in [2.75, 3.05) is 19.0 Å². The van der Waals surface area contributed by atoms with Crippen LogP contribution >= 0.6 is 0 Å². The molecule has 1 heterocycles. The Hall–Kier alpha value is -1.55. The summed E-state index contributed by atoms with van der Waals surface area (Å²) in [6.45, 7) is 7.28. The standard InChI is InChI=1S/C17H25N3O/c1-17(2,3)16-19-13-8-7-12(9-14(13)20-16)18-15(10-21-4)11-5-6-11/h7-9,11,15,18H,5-6,10H2,1-4H3,(H,19,20). The molecule has 0 spiro atoms. The van der Waals surface area contributed by atoms with Crippen LogP contribution in [0.15, 0.2) is 18.2 Å². The first-order chi connectivity index (χ1) is 9.97. The van der Waals surface area contributed by atoms with Gasteiger partial charge in [0.1, 0.15) is 5.82 Å². The van der Waals surface area contributed by atoms with E-state index in [0.717, 1.165) is 35.1 Å². The van der Waals surface area contributed by atoms with E-state index < -0.39 is 0 Å². The maximum absolute atomic E-state index is 5.33. The quantitative estimate of drug-likeness (QED) is 0.881. The van der Waals surface area contributed by atoms with Crippen LogP contribution in [0.4, 0.5) is 5.69 Å². The second kappa shape index (κ2) is 5.34. The van der Waals surface area contributed by atoms with Crippen molar-refractivity contribution >= 4 is 16.7 Å². The van der Waals surface area contributed by atoms with Crippen molar-refractivity contribution in [3.63, 3.8) is 0 Å². The molecule has 1 saturated carbocycles. The zero-order valence-electron chi connectivity index (χ0n) is 13.4. The molecule has 1 aromatic heterocycles. The average molecular weight is 287 g/mol. The molecule has 1 unspecified atom stereocenters. The van der Waals surface area contributed by atoms with E-state index in [1.54, 1.807) is 7.11 Å². The van der Waals surface area contributed by atoms with Crippen molar-refractivity contribution in [1.29, 1.82) is 0 Å². The lowest BCUT2D eigenvalue weighted by molar-refractivity contribution is 0.179. The highest BCUT2D eigenvalue weighted by molar-refractivity contribution is 5.79. The molecule has 1 aliphatic carbocycles. The van der Waals surface area contributed by atoms with Crippen LogP contribution < -0.4 is 5.32 Å². The second-order valence-electron chi connectivity index (χ2n) is 7.11. The summed E-state index contributed by atoms with van der Waals surface area (Å²) < 4.78 is 5.33. The molecule has 3 rings (SSSR count). The van der Waals surface area contributed by atoms with Gasteiger partial charge in [-0.25, -0.2) is 4.98 Å². The van der Waals surface area contributed by atoms with E-state index in [4.69, 9.17) is 4.74 Å². The SMILES string of the molecule is COCC(Nc1ccc2nc(C(C)(C)C)[nH]c2c1)C1CC1. The number of nitrogens with zero attached hydrogens (tertiary/aromatic N) is 1. The van der Waals surface area contributed by atoms with Gasteiger partial charge in [0, 0.05) is 18.2 Å². The van der Waals surface area contributed by atoms with E-state index in [1.165, 1.54) is 12.8 Å². The number of aromatic nitrogens is 2. The fourth-order valence-corrected chi connectivity index (χ4v) is 2.64. The first-order valence-electron chi connectivity index (χ1n) is 7.73. The molecule has 2 N–H and O–H groups in total. The summed E-state index contributed by atoms with van der Waals surface area (Å²) in [7, 11) is 1.77. The summed E-state index contributed by atoms with van der Waals surface area (Å²) in [5, 5.41) is 3.61. The van der Waals surface area contributed by atoms with Gasteiger partial charge in [0.2, 0.25) is 0 Å². The van der Waals surface area contributed by atoms with Crippen LogP contribution in [0.2, 0.25) is 0 Å². The van der Waals surface area contributed by atoms with Gasteiger partial charge in [0.15, 0.2) is 0 Å². The van der Waals surface area contributed by atoms with Gasteiger partial charge in [-0.05, 0) is 37.0 Å². The van der Waals surface area contributed by atoms with Gasteiger partial charge < -0.3 is 15.0 Å². The Morgan fingerprint density at radius 2 is 2.14 bits per heavy atom. The van der Waals surface area contributed by atoms with Crippen molar-refractivity contribution in [1.82, 2.24) is 9.97 Å². The van der Waals surface area contributed by atoms with Gasteiger partial charge in [0.05, 0.1) is 23.7 Å². The Morgan fingerprint density at radius 1 is 1.38 bits per heavy atom. The molecule has 0 radical (unpaired) electrons. The summed E-state index contributed by atoms with van der Waals surface area (Å²) in [4.78, 5) is 8.12. The van der Waals surface area contributed by atoms with Gasteiger partial charge in [-0.15, -0.1) is 0 Å². The van der Waals surface area contributed by atoms with E-state index in [-0.39, 0.29) is 5.41 Å². The number of benzene rings is 1. The largest absolute Gasteiger partial charge is 0.383 e. The molecule has 0 saturated heterocycles. The minimum Gasteiger partial charge on any atom is -0.383 e. The summed E-state index contributed by atoms with van der Waals surface area (Å²) in [5.41, 5.74) is 3.30. The average Bonchev–Trinajstić information content (AvgIpc) is 3.16. The number of nitrogens with one attached hydrogen (secondary N) is 2. The molecule has 1 atom stereocenters. The van der Waals surface area contributed by atoms with Crippen LogP contribution in [-0.4, -0.2) is 29.7 Å². The lowest BCUT2D eigenvalue weighted by Gasteiger charge is -2.18. The Bertz CT molecular complexity index is 622. The lowest BCUT2D eigenvalue weighted by atomic mass is 9.96. The molecule has 1 aromatic carbocycles. The van der Waals surface area contributed by atoms with Crippen molar-refractivity contribution in [2.45, 2.75) is 45.1 Å². The highest BCUT2D eigenvalue weighted by Crippen LogP contribution is 2.34. The van der Waals surface area contributed by atoms with Crippen LogP contribution in [0.1, 0.15) is 39.4 Å². The van der Waals surface area contributed by atoms with E-state index in [2.05, 4.69) is 54.3 Å². The van der Waals surface area contributed by atoms with Gasteiger partial charge >= 0.3 is 0 Å². The molecule has 0 bridgehead atoms. The number of fused-ring (bicyclic) bond motifs is 1. The zero-order chi connectivity index (χ0) is 15.0. The number of anilines is 1. The molecule has 114 valence electrons. The van der Waals surface area contributed by atoms with E-state index in [0.29, 0.717) is 6.04 Å². The summed E-state index contributed by atoms with van der Waals surface area (Å²) in [5.74, 6) is 1.79. The molecule has 1 fully saturated rings. The Labute approximate surface area is 126 Å². The van der Waals surface area contributed by atoms with Crippen LogP contribution in [0.3, 0.4) is 0 Å². The number of rotatable bonds is 5. The van der Waals surface area contributed by atoms with E-state index in [9.17, 15) is 0 Å². The van der Waals surface area contributed by atoms with Gasteiger partial charge in [-0.3, -0.25) is 0 Å². The lowest BCUT2D eigenvalue weighted by Crippen LogP contribution is -2.27. The maximum atomic E-state index is 5.33. The van der Waals surface area contributed by atoms with Gasteiger partial charge in [-0.1, -0.05) is 20.8 Å². The maximum Gasteiger partial charge on any atom is 0.112 e. The monoisotopic (exact) mass is 287 g/mol. The van der Waals surface area contributed by atoms with Crippen molar-refractivity contribution in [3.8, 4) is 0 Å². The normalized spacial score (nSPS) is 17.1. The molecule has 21 heavy (non-hydrogen) atoms. The molecule has 2 aromatic rings. The first kappa shape index (κ1) is 14.4. The van der Waals surface area contributed by atoms with Crippen molar-refractivity contribution < 1.29 is 4.74 Å². The van der Waals surface area contributed by atoms with Gasteiger partial charge in [-0.2, -0.15) is 0 Å². The van der Waals surface area contributed by atoms with Crippen LogP contribution in [0.5, 0.6) is 0 Å². The number of methoxy groups -OCH3 is 1. The van der Waals surface area contributed by atoms with Gasteiger partial charge in [0.25, 0.3) is 0 Å². The molecular formula is C17H25N3O. The minimum atomic E-state index is 0.0409. The van der Waals surface area contributed by atoms with Crippen LogP contribution in [0, 0.1) is 5.92 Å². The highest BCUT2D eigenvalue weighted by atomic mass is 16.5. The minimum absolute atomic E-state index is 0.0409. The number of hydrogen-bond donors (Lipinski definition) is 2. The third-order valence-electron chi connectivity index (χ3n) is 4.08.